The van der Waals surface area contributed by atoms with Crippen molar-refractivity contribution in [1.29, 1.82) is 0 Å². The molecule has 2 aromatic rings. The van der Waals surface area contributed by atoms with Crippen LogP contribution in [0.5, 0.6) is 0 Å². The van der Waals surface area contributed by atoms with Gasteiger partial charge in [-0.1, -0.05) is 56.0 Å². The Bertz CT molecular complexity index is 861. The van der Waals surface area contributed by atoms with Gasteiger partial charge in [0.05, 0.1) is 7.59 Å². The fourth-order valence-electron chi connectivity index (χ4n) is 3.45. The van der Waals surface area contributed by atoms with E-state index in [0.717, 1.165) is 12.0 Å². The minimum atomic E-state index is -1.90. The number of carbonyl (C=O) groups is 1. The minimum absolute atomic E-state index is 0.0866. The monoisotopic (exact) mass is 382 g/mol. The highest BCUT2D eigenvalue weighted by Crippen LogP contribution is 2.38. The van der Waals surface area contributed by atoms with Gasteiger partial charge in [0, 0.05) is 5.56 Å². The van der Waals surface area contributed by atoms with Gasteiger partial charge < -0.3 is 4.43 Å². The Hall–Kier alpha value is -1.50. The lowest BCUT2D eigenvalue weighted by Gasteiger charge is -2.41. The summed E-state index contributed by atoms with van der Waals surface area (Å²) < 4.78 is 6.55. The van der Waals surface area contributed by atoms with E-state index in [0.29, 0.717) is 0 Å². The molecule has 26 heavy (non-hydrogen) atoms. The number of benzene rings is 2. The molecule has 0 saturated heterocycles. The number of rotatable bonds is 5. The smallest absolute Gasteiger partial charge is 0.192 e. The van der Waals surface area contributed by atoms with E-state index >= 15 is 0 Å². The topological polar surface area (TPSA) is 26.3 Å². The van der Waals surface area contributed by atoms with Crippen LogP contribution in [0.15, 0.2) is 42.5 Å². The lowest BCUT2D eigenvalue weighted by Crippen LogP contribution is -2.59. The lowest BCUT2D eigenvalue weighted by molar-refractivity contribution is 0.0568. The van der Waals surface area contributed by atoms with Gasteiger partial charge in [0.2, 0.25) is 0 Å². The van der Waals surface area contributed by atoms with E-state index in [4.69, 9.17) is 4.43 Å². The van der Waals surface area contributed by atoms with Crippen LogP contribution in [0.4, 0.5) is 0 Å². The average molecular weight is 383 g/mol. The average Bonchev–Trinajstić information content (AvgIpc) is 2.89. The van der Waals surface area contributed by atoms with Crippen LogP contribution in [0.3, 0.4) is 0 Å². The van der Waals surface area contributed by atoms with Crippen LogP contribution in [-0.2, 0) is 10.8 Å². The largest absolute Gasteiger partial charge is 0.408 e. The van der Waals surface area contributed by atoms with Crippen molar-refractivity contribution < 1.29 is 9.22 Å². The molecule has 0 spiro atoms. The molecule has 0 bridgehead atoms. The van der Waals surface area contributed by atoms with Gasteiger partial charge in [-0.3, -0.25) is 4.79 Å². The van der Waals surface area contributed by atoms with Crippen LogP contribution < -0.4 is 0 Å². The molecule has 3 rings (SSSR count). The second kappa shape index (κ2) is 6.29. The zero-order valence-corrected chi connectivity index (χ0v) is 19.1. The van der Waals surface area contributed by atoms with Crippen molar-refractivity contribution in [3.05, 3.63) is 59.2 Å². The molecule has 0 amide bonds. The molecule has 0 heterocycles. The van der Waals surface area contributed by atoms with E-state index < -0.39 is 21.0 Å². The van der Waals surface area contributed by atoms with Gasteiger partial charge in [-0.25, -0.2) is 0 Å². The molecule has 0 N–H and O–H groups in total. The molecule has 0 saturated carbocycles. The standard InChI is InChI=1S/C22H30O2Si2/c1-22(2,24-26(6,7)25(3,4)5)21(23)18-13-12-17-14-16-10-8-9-11-19(16)20(17)15-18/h8-13,15H,14H2,1-7H3. The number of hydrogen-bond acceptors (Lipinski definition) is 2. The van der Waals surface area contributed by atoms with Crippen LogP contribution in [0.25, 0.3) is 11.1 Å². The van der Waals surface area contributed by atoms with Crippen LogP contribution in [0.2, 0.25) is 32.7 Å². The Morgan fingerprint density at radius 3 is 2.19 bits per heavy atom. The Morgan fingerprint density at radius 2 is 1.54 bits per heavy atom. The van der Waals surface area contributed by atoms with Crippen molar-refractivity contribution in [2.75, 3.05) is 0 Å². The van der Waals surface area contributed by atoms with Crippen molar-refractivity contribution in [2.24, 2.45) is 0 Å². The first-order valence-corrected chi connectivity index (χ1v) is 16.8. The number of carbonyl (C=O) groups excluding carboxylic acids is 1. The summed E-state index contributed by atoms with van der Waals surface area (Å²) in [5.74, 6) is 0.0866. The summed E-state index contributed by atoms with van der Waals surface area (Å²) >= 11 is 0. The lowest BCUT2D eigenvalue weighted by atomic mass is 9.93. The fraction of sp³-hybridized carbons (Fsp3) is 0.409. The molecule has 2 nitrogen and oxygen atoms in total. The number of ketones is 1. The van der Waals surface area contributed by atoms with Gasteiger partial charge in [0.1, 0.15) is 5.60 Å². The van der Waals surface area contributed by atoms with E-state index in [-0.39, 0.29) is 5.78 Å². The normalized spacial score (nSPS) is 14.1. The zero-order valence-electron chi connectivity index (χ0n) is 17.1. The highest BCUT2D eigenvalue weighted by molar-refractivity contribution is 7.37. The highest BCUT2D eigenvalue weighted by Gasteiger charge is 2.45. The molecule has 0 fully saturated rings. The molecule has 0 aliphatic heterocycles. The number of fused-ring (bicyclic) bond motifs is 3. The van der Waals surface area contributed by atoms with Crippen LogP contribution >= 0.6 is 0 Å². The molecule has 4 heteroatoms. The van der Waals surface area contributed by atoms with Crippen molar-refractivity contribution in [3.8, 4) is 11.1 Å². The molecule has 0 aromatic heterocycles. The van der Waals surface area contributed by atoms with E-state index in [2.05, 4.69) is 69.1 Å². The van der Waals surface area contributed by atoms with Crippen LogP contribution in [0.1, 0.15) is 35.3 Å². The maximum atomic E-state index is 13.3. The molecule has 2 aromatic carbocycles. The third-order valence-corrected chi connectivity index (χ3v) is 21.7. The maximum absolute atomic E-state index is 13.3. The first-order valence-electron chi connectivity index (χ1n) is 9.38. The Labute approximate surface area is 159 Å². The summed E-state index contributed by atoms with van der Waals surface area (Å²) in [6, 6.07) is 14.6. The number of Topliss-reactive ketones (excluding diaryl/α,β-unsaturated/α-hetero) is 1. The molecular weight excluding hydrogens is 352 g/mol. The summed E-state index contributed by atoms with van der Waals surface area (Å²) in [5, 5.41) is 0. The molecule has 0 unspecified atom stereocenters. The maximum Gasteiger partial charge on any atom is 0.192 e. The zero-order chi connectivity index (χ0) is 19.3. The van der Waals surface area contributed by atoms with E-state index in [1.807, 2.05) is 19.9 Å². The van der Waals surface area contributed by atoms with Gasteiger partial charge in [0.15, 0.2) is 13.6 Å². The van der Waals surface area contributed by atoms with E-state index in [1.54, 1.807) is 0 Å². The van der Waals surface area contributed by atoms with E-state index in [1.165, 1.54) is 22.3 Å². The van der Waals surface area contributed by atoms with E-state index in [9.17, 15) is 4.79 Å². The predicted molar refractivity (Wildman–Crippen MR) is 115 cm³/mol. The molecule has 0 radical (unpaired) electrons. The molecule has 0 atom stereocenters. The predicted octanol–water partition coefficient (Wildman–Crippen LogP) is 5.86. The first kappa shape index (κ1) is 19.3. The van der Waals surface area contributed by atoms with Crippen molar-refractivity contribution in [1.82, 2.24) is 0 Å². The van der Waals surface area contributed by atoms with Gasteiger partial charge in [-0.05, 0) is 61.7 Å². The molecule has 1 aliphatic carbocycles. The van der Waals surface area contributed by atoms with Gasteiger partial charge >= 0.3 is 0 Å². The van der Waals surface area contributed by atoms with Crippen molar-refractivity contribution >= 4 is 21.2 Å². The third-order valence-electron chi connectivity index (χ3n) is 5.92. The summed E-state index contributed by atoms with van der Waals surface area (Å²) in [4.78, 5) is 13.3. The second-order valence-corrected chi connectivity index (χ2v) is 25.2. The minimum Gasteiger partial charge on any atom is -0.408 e. The summed E-state index contributed by atoms with van der Waals surface area (Å²) in [7, 11) is -3.34. The first-order chi connectivity index (χ1) is 11.9. The van der Waals surface area contributed by atoms with Crippen molar-refractivity contribution in [2.45, 2.75) is 58.6 Å². The molecule has 1 aliphatic rings. The highest BCUT2D eigenvalue weighted by atomic mass is 29.3. The van der Waals surface area contributed by atoms with Crippen LogP contribution in [0, 0.1) is 0 Å². The molecule has 138 valence electrons. The fourth-order valence-corrected chi connectivity index (χ4v) is 6.81. The Morgan fingerprint density at radius 1 is 0.923 bits per heavy atom. The summed E-state index contributed by atoms with van der Waals surface area (Å²) in [6.07, 6.45) is 0.954. The number of hydrogen-bond donors (Lipinski definition) is 0. The van der Waals surface area contributed by atoms with Crippen molar-refractivity contribution in [3.63, 3.8) is 0 Å². The SMILES string of the molecule is CC(C)(O[Si](C)(C)[Si](C)(C)C)C(=O)c1ccc2c(c1)-c1ccccc1C2. The summed E-state index contributed by atoms with van der Waals surface area (Å²) in [5.41, 5.74) is 5.07. The second-order valence-electron chi connectivity index (χ2n) is 9.41. The Kier molecular flexibility index (Phi) is 4.66. The Balaban J connectivity index is 1.92. The van der Waals surface area contributed by atoms with Gasteiger partial charge in [-0.15, -0.1) is 0 Å². The summed E-state index contributed by atoms with van der Waals surface area (Å²) in [6.45, 7) is 15.4. The van der Waals surface area contributed by atoms with Crippen LogP contribution in [-0.4, -0.2) is 26.8 Å². The quantitative estimate of drug-likeness (QED) is 0.408. The third kappa shape index (κ3) is 3.38. The van der Waals surface area contributed by atoms with Gasteiger partial charge in [-0.2, -0.15) is 0 Å². The van der Waals surface area contributed by atoms with Gasteiger partial charge in [0.25, 0.3) is 0 Å². The molecular formula is C22H30O2Si2.